The number of carbonyl (C=O) groups is 3. The molecule has 1 saturated carbocycles. The molecule has 6 rings (SSSR count). The lowest BCUT2D eigenvalue weighted by atomic mass is 10.0. The van der Waals surface area contributed by atoms with Crippen molar-refractivity contribution in [3.8, 4) is 23.0 Å². The highest BCUT2D eigenvalue weighted by atomic mass is 19.1. The Morgan fingerprint density at radius 1 is 0.980 bits per heavy atom. The normalized spacial score (nSPS) is 17.1. The summed E-state index contributed by atoms with van der Waals surface area (Å²) in [7, 11) is 1.53. The highest BCUT2D eigenvalue weighted by Gasteiger charge is 2.56. The van der Waals surface area contributed by atoms with E-state index >= 15 is 4.39 Å². The van der Waals surface area contributed by atoms with Gasteiger partial charge < -0.3 is 35.3 Å². The van der Waals surface area contributed by atoms with Crippen molar-refractivity contribution in [1.29, 1.82) is 0 Å². The van der Waals surface area contributed by atoms with Crippen molar-refractivity contribution in [1.82, 2.24) is 9.88 Å². The molecule has 1 aromatic heterocycles. The van der Waals surface area contributed by atoms with Gasteiger partial charge in [0.2, 0.25) is 11.8 Å². The molecule has 0 bridgehead atoms. The molecule has 2 aliphatic rings. The first-order valence-electron chi connectivity index (χ1n) is 16.6. The van der Waals surface area contributed by atoms with E-state index in [4.69, 9.17) is 24.7 Å². The summed E-state index contributed by atoms with van der Waals surface area (Å²) >= 11 is 0. The number of aromatic nitrogens is 1. The third kappa shape index (κ3) is 7.95. The van der Waals surface area contributed by atoms with Gasteiger partial charge in [-0.25, -0.2) is 4.39 Å². The number of ether oxygens (including phenoxy) is 4. The van der Waals surface area contributed by atoms with Crippen LogP contribution >= 0.6 is 0 Å². The Morgan fingerprint density at radius 3 is 2.44 bits per heavy atom. The lowest BCUT2D eigenvalue weighted by Crippen LogP contribution is -2.35. The van der Waals surface area contributed by atoms with Gasteiger partial charge in [0, 0.05) is 54.7 Å². The molecule has 1 saturated heterocycles. The van der Waals surface area contributed by atoms with Crippen molar-refractivity contribution in [2.45, 2.75) is 44.8 Å². The standard InChI is InChI=1S/C37H40FN5O7/c1-23(39)34(44)49-26-12-17-43(22-26)16-6-18-48-33-21-29-27(20-32(33)47-2)30(11-15-40-29)50-31-10-9-25(19-28(31)38)42-36(46)37(13-14-37)35(45)41-24-7-4-3-5-8-24/h3-5,7-11,15,19-21,23,26H,6,12-14,16-18,22,39H2,1-2H3,(H,41,45)(H,42,46). The summed E-state index contributed by atoms with van der Waals surface area (Å²) in [6, 6.07) is 17.5. The summed E-state index contributed by atoms with van der Waals surface area (Å²) in [5, 5.41) is 6.05. The van der Waals surface area contributed by atoms with Crippen LogP contribution in [0.25, 0.3) is 10.9 Å². The molecule has 13 heteroatoms. The number of nitrogens with zero attached hydrogens (tertiary/aromatic N) is 2. The van der Waals surface area contributed by atoms with E-state index in [9.17, 15) is 14.4 Å². The number of hydrogen-bond donors (Lipinski definition) is 3. The predicted molar refractivity (Wildman–Crippen MR) is 185 cm³/mol. The van der Waals surface area contributed by atoms with Crippen molar-refractivity contribution in [3.05, 3.63) is 78.7 Å². The number of carbonyl (C=O) groups excluding carboxylic acids is 3. The zero-order valence-electron chi connectivity index (χ0n) is 27.9. The van der Waals surface area contributed by atoms with Gasteiger partial charge in [0.1, 0.15) is 23.3 Å². The molecule has 0 radical (unpaired) electrons. The molecule has 0 spiro atoms. The van der Waals surface area contributed by atoms with Crippen LogP contribution < -0.4 is 30.6 Å². The number of esters is 1. The number of amides is 2. The van der Waals surface area contributed by atoms with Crippen LogP contribution in [0.1, 0.15) is 32.6 Å². The molecule has 50 heavy (non-hydrogen) atoms. The molecular formula is C37H40FN5O7. The number of anilines is 2. The lowest BCUT2D eigenvalue weighted by molar-refractivity contribution is -0.149. The van der Waals surface area contributed by atoms with E-state index in [2.05, 4.69) is 20.5 Å². The van der Waals surface area contributed by atoms with Crippen LogP contribution in [0.15, 0.2) is 72.9 Å². The highest BCUT2D eigenvalue weighted by Crippen LogP contribution is 2.47. The number of nitrogens with two attached hydrogens (primary N) is 1. The quantitative estimate of drug-likeness (QED) is 0.0909. The van der Waals surface area contributed by atoms with Crippen molar-refractivity contribution < 1.29 is 37.7 Å². The maximum absolute atomic E-state index is 15.3. The summed E-state index contributed by atoms with van der Waals surface area (Å²) in [4.78, 5) is 44.4. The Balaban J connectivity index is 1.05. The highest BCUT2D eigenvalue weighted by molar-refractivity contribution is 6.16. The monoisotopic (exact) mass is 685 g/mol. The summed E-state index contributed by atoms with van der Waals surface area (Å²) in [5.41, 5.74) is 5.77. The number of nitrogens with one attached hydrogen (secondary N) is 2. The van der Waals surface area contributed by atoms with Crippen molar-refractivity contribution in [2.24, 2.45) is 11.1 Å². The fraction of sp³-hybridized carbons (Fsp3) is 0.351. The number of likely N-dealkylation sites (tertiary alicyclic amines) is 1. The van der Waals surface area contributed by atoms with Crippen molar-refractivity contribution >= 4 is 40.1 Å². The van der Waals surface area contributed by atoms with Gasteiger partial charge in [-0.1, -0.05) is 18.2 Å². The third-order valence-electron chi connectivity index (χ3n) is 8.81. The zero-order chi connectivity index (χ0) is 35.3. The second-order valence-electron chi connectivity index (χ2n) is 12.6. The van der Waals surface area contributed by atoms with Crippen LogP contribution in [0.5, 0.6) is 23.0 Å². The van der Waals surface area contributed by atoms with E-state index < -0.39 is 29.1 Å². The molecule has 2 heterocycles. The van der Waals surface area contributed by atoms with Gasteiger partial charge in [-0.2, -0.15) is 0 Å². The minimum Gasteiger partial charge on any atom is -0.493 e. The summed E-state index contributed by atoms with van der Waals surface area (Å²) in [6.45, 7) is 4.30. The van der Waals surface area contributed by atoms with Gasteiger partial charge >= 0.3 is 5.97 Å². The van der Waals surface area contributed by atoms with E-state index in [1.54, 1.807) is 55.6 Å². The van der Waals surface area contributed by atoms with Crippen LogP contribution in [0.4, 0.5) is 15.8 Å². The Labute approximate surface area is 289 Å². The molecule has 4 aromatic rings. The van der Waals surface area contributed by atoms with E-state index in [1.807, 2.05) is 6.07 Å². The fourth-order valence-corrected chi connectivity index (χ4v) is 5.81. The number of fused-ring (bicyclic) bond motifs is 1. The molecule has 2 fully saturated rings. The molecule has 12 nitrogen and oxygen atoms in total. The first-order valence-corrected chi connectivity index (χ1v) is 16.6. The number of methoxy groups -OCH3 is 1. The average Bonchev–Trinajstić information content (AvgIpc) is 3.82. The summed E-state index contributed by atoms with van der Waals surface area (Å²) < 4.78 is 38.4. The second-order valence-corrected chi connectivity index (χ2v) is 12.6. The maximum Gasteiger partial charge on any atom is 0.322 e. The van der Waals surface area contributed by atoms with Crippen molar-refractivity contribution in [3.63, 3.8) is 0 Å². The van der Waals surface area contributed by atoms with Crippen LogP contribution in [0, 0.1) is 11.2 Å². The van der Waals surface area contributed by atoms with E-state index in [1.165, 1.54) is 19.2 Å². The zero-order valence-corrected chi connectivity index (χ0v) is 27.9. The predicted octanol–water partition coefficient (Wildman–Crippen LogP) is 5.27. The van der Waals surface area contributed by atoms with Crippen LogP contribution in [-0.4, -0.2) is 73.2 Å². The van der Waals surface area contributed by atoms with Crippen molar-refractivity contribution in [2.75, 3.05) is 44.0 Å². The average molecular weight is 686 g/mol. The molecular weight excluding hydrogens is 645 g/mol. The van der Waals surface area contributed by atoms with Crippen LogP contribution in [0.3, 0.4) is 0 Å². The fourth-order valence-electron chi connectivity index (χ4n) is 5.81. The number of benzene rings is 3. The molecule has 1 aliphatic heterocycles. The summed E-state index contributed by atoms with van der Waals surface area (Å²) in [6.07, 6.45) is 3.72. The van der Waals surface area contributed by atoms with Crippen LogP contribution in [0.2, 0.25) is 0 Å². The topological polar surface area (TPSA) is 154 Å². The number of rotatable bonds is 14. The third-order valence-corrected chi connectivity index (χ3v) is 8.81. The van der Waals surface area contributed by atoms with Gasteiger partial charge in [-0.15, -0.1) is 0 Å². The first-order chi connectivity index (χ1) is 24.1. The minimum atomic E-state index is -1.20. The Hall–Kier alpha value is -5.27. The Morgan fingerprint density at radius 2 is 1.74 bits per heavy atom. The SMILES string of the molecule is COc1cc2c(Oc3ccc(NC(=O)C4(C(=O)Nc5ccccc5)CC4)cc3F)ccnc2cc1OCCCN1CCC(OC(=O)C(C)N)C1. The molecule has 2 amide bonds. The van der Waals surface area contributed by atoms with Gasteiger partial charge in [-0.3, -0.25) is 24.3 Å². The van der Waals surface area contributed by atoms with Gasteiger partial charge in [0.05, 0.1) is 19.2 Å². The molecule has 2 atom stereocenters. The largest absolute Gasteiger partial charge is 0.493 e. The number of pyridine rings is 1. The number of para-hydroxylation sites is 1. The molecule has 3 aromatic carbocycles. The van der Waals surface area contributed by atoms with E-state index in [0.717, 1.165) is 32.0 Å². The van der Waals surface area contributed by atoms with Gasteiger partial charge in [-0.05, 0) is 69.0 Å². The van der Waals surface area contributed by atoms with Gasteiger partial charge in [0.25, 0.3) is 0 Å². The van der Waals surface area contributed by atoms with Gasteiger partial charge in [0.15, 0.2) is 23.1 Å². The van der Waals surface area contributed by atoms with E-state index in [0.29, 0.717) is 59.8 Å². The van der Waals surface area contributed by atoms with E-state index in [-0.39, 0.29) is 23.5 Å². The Kier molecular flexibility index (Phi) is 10.4. The number of hydrogen-bond acceptors (Lipinski definition) is 10. The lowest BCUT2D eigenvalue weighted by Gasteiger charge is -2.18. The number of halogens is 1. The molecule has 1 aliphatic carbocycles. The molecule has 262 valence electrons. The first kappa shape index (κ1) is 34.6. The van der Waals surface area contributed by atoms with Crippen LogP contribution in [-0.2, 0) is 19.1 Å². The summed E-state index contributed by atoms with van der Waals surface area (Å²) in [5.74, 6) is -0.717. The maximum atomic E-state index is 15.3. The molecule has 2 unspecified atom stereocenters. The Bertz CT molecular complexity index is 1870. The smallest absolute Gasteiger partial charge is 0.322 e. The second kappa shape index (κ2) is 15.1. The minimum absolute atomic E-state index is 0.0609. The molecule has 4 N–H and O–H groups in total.